The van der Waals surface area contributed by atoms with Crippen LogP contribution in [0.15, 0.2) is 18.2 Å². The molecule has 5 heteroatoms. The number of primary amides is 1. The highest BCUT2D eigenvalue weighted by molar-refractivity contribution is 5.99. The molecule has 0 unspecified atom stereocenters. The molecule has 1 aromatic rings. The largest absolute Gasteiger partial charge is 0.399 e. The number of hydrogen-bond donors (Lipinski definition) is 2. The van der Waals surface area contributed by atoms with E-state index in [-0.39, 0.29) is 0 Å². The van der Waals surface area contributed by atoms with Gasteiger partial charge in [-0.05, 0) is 31.0 Å². The van der Waals surface area contributed by atoms with Crippen molar-refractivity contribution in [2.45, 2.75) is 32.7 Å². The summed E-state index contributed by atoms with van der Waals surface area (Å²) in [6.45, 7) is 5.58. The minimum absolute atomic E-state index is 0.340. The normalized spacial score (nSPS) is 10.8. The van der Waals surface area contributed by atoms with E-state index in [4.69, 9.17) is 16.2 Å². The van der Waals surface area contributed by atoms with Gasteiger partial charge in [0.1, 0.15) is 0 Å². The molecule has 5 nitrogen and oxygen atoms in total. The summed E-state index contributed by atoms with van der Waals surface area (Å²) < 4.78 is 5.17. The molecule has 0 saturated heterocycles. The molecule has 0 fully saturated rings. The van der Waals surface area contributed by atoms with E-state index in [1.165, 1.54) is 0 Å². The lowest BCUT2D eigenvalue weighted by molar-refractivity contribution is 0.100. The second-order valence-electron chi connectivity index (χ2n) is 4.80. The maximum Gasteiger partial charge on any atom is 0.250 e. The van der Waals surface area contributed by atoms with Gasteiger partial charge in [-0.2, -0.15) is 0 Å². The molecule has 1 aromatic carbocycles. The summed E-state index contributed by atoms with van der Waals surface area (Å²) in [5.41, 5.74) is 13.1. The SMILES string of the molecule is CCC(CC)N(CCOC)c1ccc(N)cc1C(N)=O. The van der Waals surface area contributed by atoms with Crippen molar-refractivity contribution in [3.63, 3.8) is 0 Å². The summed E-state index contributed by atoms with van der Waals surface area (Å²) in [5, 5.41) is 0. The Morgan fingerprint density at radius 2 is 2.00 bits per heavy atom. The summed E-state index contributed by atoms with van der Waals surface area (Å²) >= 11 is 0. The third-order valence-electron chi connectivity index (χ3n) is 3.52. The molecule has 20 heavy (non-hydrogen) atoms. The number of nitrogens with zero attached hydrogens (tertiary/aromatic N) is 1. The van der Waals surface area contributed by atoms with E-state index in [9.17, 15) is 4.79 Å². The molecule has 0 aliphatic carbocycles. The van der Waals surface area contributed by atoms with Gasteiger partial charge in [0.2, 0.25) is 0 Å². The summed E-state index contributed by atoms with van der Waals surface area (Å²) in [7, 11) is 1.67. The molecule has 0 heterocycles. The Kier molecular flexibility index (Phi) is 6.31. The van der Waals surface area contributed by atoms with Crippen LogP contribution in [0, 0.1) is 0 Å². The van der Waals surface area contributed by atoms with Gasteiger partial charge in [-0.1, -0.05) is 13.8 Å². The van der Waals surface area contributed by atoms with E-state index >= 15 is 0 Å². The Balaban J connectivity index is 3.21. The summed E-state index contributed by atoms with van der Waals surface area (Å²) in [5.74, 6) is -0.458. The number of methoxy groups -OCH3 is 1. The van der Waals surface area contributed by atoms with Gasteiger partial charge in [0.25, 0.3) is 5.91 Å². The minimum atomic E-state index is -0.458. The highest BCUT2D eigenvalue weighted by atomic mass is 16.5. The van der Waals surface area contributed by atoms with Crippen molar-refractivity contribution in [2.75, 3.05) is 30.9 Å². The molecule has 1 rings (SSSR count). The van der Waals surface area contributed by atoms with Gasteiger partial charge in [-0.3, -0.25) is 4.79 Å². The fourth-order valence-electron chi connectivity index (χ4n) is 2.42. The zero-order valence-corrected chi connectivity index (χ0v) is 12.6. The first-order valence-corrected chi connectivity index (χ1v) is 7.00. The molecule has 4 N–H and O–H groups in total. The van der Waals surface area contributed by atoms with Crippen LogP contribution < -0.4 is 16.4 Å². The Hall–Kier alpha value is -1.75. The lowest BCUT2D eigenvalue weighted by Crippen LogP contribution is -2.38. The molecule has 0 atom stereocenters. The lowest BCUT2D eigenvalue weighted by atomic mass is 10.1. The van der Waals surface area contributed by atoms with Crippen molar-refractivity contribution in [3.8, 4) is 0 Å². The number of anilines is 2. The Bertz CT molecular complexity index is 445. The fraction of sp³-hybridized carbons (Fsp3) is 0.533. The first-order valence-electron chi connectivity index (χ1n) is 7.00. The zero-order chi connectivity index (χ0) is 15.1. The van der Waals surface area contributed by atoms with Crippen molar-refractivity contribution >= 4 is 17.3 Å². The predicted molar refractivity (Wildman–Crippen MR) is 83.0 cm³/mol. The van der Waals surface area contributed by atoms with Crippen molar-refractivity contribution in [3.05, 3.63) is 23.8 Å². The topological polar surface area (TPSA) is 81.6 Å². The van der Waals surface area contributed by atoms with Crippen LogP contribution in [0.2, 0.25) is 0 Å². The fourth-order valence-corrected chi connectivity index (χ4v) is 2.42. The number of benzene rings is 1. The van der Waals surface area contributed by atoms with E-state index < -0.39 is 5.91 Å². The average Bonchev–Trinajstić information content (AvgIpc) is 2.43. The van der Waals surface area contributed by atoms with Gasteiger partial charge in [0.05, 0.1) is 12.2 Å². The van der Waals surface area contributed by atoms with Crippen molar-refractivity contribution in [1.82, 2.24) is 0 Å². The maximum absolute atomic E-state index is 11.7. The molecule has 0 aromatic heterocycles. The van der Waals surface area contributed by atoms with Gasteiger partial charge in [0.15, 0.2) is 0 Å². The number of carbonyl (C=O) groups is 1. The van der Waals surface area contributed by atoms with E-state index in [1.807, 2.05) is 6.07 Å². The van der Waals surface area contributed by atoms with Gasteiger partial charge >= 0.3 is 0 Å². The highest BCUT2D eigenvalue weighted by Crippen LogP contribution is 2.26. The number of hydrogen-bond acceptors (Lipinski definition) is 4. The Morgan fingerprint density at radius 3 is 2.50 bits per heavy atom. The lowest BCUT2D eigenvalue weighted by Gasteiger charge is -2.33. The second-order valence-corrected chi connectivity index (χ2v) is 4.80. The smallest absolute Gasteiger partial charge is 0.250 e. The Morgan fingerprint density at radius 1 is 1.35 bits per heavy atom. The number of nitrogen functional groups attached to an aromatic ring is 1. The van der Waals surface area contributed by atoms with Crippen molar-refractivity contribution in [1.29, 1.82) is 0 Å². The first kappa shape index (κ1) is 16.3. The molecule has 0 saturated carbocycles. The predicted octanol–water partition coefficient (Wildman–Crippen LogP) is 2.01. The van der Waals surface area contributed by atoms with E-state index in [0.29, 0.717) is 30.4 Å². The molecule has 1 amide bonds. The maximum atomic E-state index is 11.7. The Labute approximate surface area is 120 Å². The monoisotopic (exact) mass is 279 g/mol. The number of rotatable bonds is 8. The molecular weight excluding hydrogens is 254 g/mol. The summed E-state index contributed by atoms with van der Waals surface area (Å²) in [4.78, 5) is 13.8. The number of ether oxygens (including phenoxy) is 1. The van der Waals surface area contributed by atoms with E-state index in [2.05, 4.69) is 18.7 Å². The highest BCUT2D eigenvalue weighted by Gasteiger charge is 2.20. The molecule has 0 aliphatic rings. The summed E-state index contributed by atoms with van der Waals surface area (Å²) in [6, 6.07) is 5.64. The number of amides is 1. The van der Waals surface area contributed by atoms with Gasteiger partial charge in [-0.15, -0.1) is 0 Å². The van der Waals surface area contributed by atoms with Crippen LogP contribution in [0.1, 0.15) is 37.0 Å². The molecule has 112 valence electrons. The van der Waals surface area contributed by atoms with Crippen molar-refractivity contribution < 1.29 is 9.53 Å². The van der Waals surface area contributed by atoms with Crippen LogP contribution >= 0.6 is 0 Å². The van der Waals surface area contributed by atoms with Crippen LogP contribution in [-0.4, -0.2) is 32.2 Å². The number of carbonyl (C=O) groups excluding carboxylic acids is 1. The number of nitrogens with two attached hydrogens (primary N) is 2. The van der Waals surface area contributed by atoms with Gasteiger partial charge in [0, 0.05) is 31.1 Å². The standard InChI is InChI=1S/C15H25N3O2/c1-4-12(5-2)18(8-9-20-3)14-7-6-11(16)10-13(14)15(17)19/h6-7,10,12H,4-5,8-9,16H2,1-3H3,(H2,17,19). The average molecular weight is 279 g/mol. The zero-order valence-electron chi connectivity index (χ0n) is 12.6. The molecule has 0 spiro atoms. The quantitative estimate of drug-likeness (QED) is 0.713. The first-order chi connectivity index (χ1) is 9.54. The van der Waals surface area contributed by atoms with Crippen LogP contribution in [0.3, 0.4) is 0 Å². The summed E-state index contributed by atoms with van der Waals surface area (Å²) in [6.07, 6.45) is 1.98. The van der Waals surface area contributed by atoms with Gasteiger partial charge in [-0.25, -0.2) is 0 Å². The van der Waals surface area contributed by atoms with Gasteiger partial charge < -0.3 is 21.1 Å². The molecule has 0 aliphatic heterocycles. The minimum Gasteiger partial charge on any atom is -0.399 e. The third kappa shape index (κ3) is 3.87. The van der Waals surface area contributed by atoms with Crippen LogP contribution in [0.4, 0.5) is 11.4 Å². The van der Waals surface area contributed by atoms with Crippen molar-refractivity contribution in [2.24, 2.45) is 5.73 Å². The molecule has 0 bridgehead atoms. The van der Waals surface area contributed by atoms with E-state index in [0.717, 1.165) is 18.5 Å². The van der Waals surface area contributed by atoms with Crippen LogP contribution in [-0.2, 0) is 4.74 Å². The molecular formula is C15H25N3O2. The second kappa shape index (κ2) is 7.75. The van der Waals surface area contributed by atoms with Crippen LogP contribution in [0.5, 0.6) is 0 Å². The van der Waals surface area contributed by atoms with E-state index in [1.54, 1.807) is 19.2 Å². The third-order valence-corrected chi connectivity index (χ3v) is 3.52. The molecule has 0 radical (unpaired) electrons. The van der Waals surface area contributed by atoms with Crippen LogP contribution in [0.25, 0.3) is 0 Å².